The van der Waals surface area contributed by atoms with Crippen LogP contribution in [0.4, 0.5) is 5.95 Å². The normalized spacial score (nSPS) is 17.3. The third kappa shape index (κ3) is 4.15. The molecule has 0 saturated carbocycles. The molecule has 2 atom stereocenters. The van der Waals surface area contributed by atoms with Crippen molar-refractivity contribution in [2.24, 2.45) is 5.92 Å². The minimum absolute atomic E-state index is 0.164. The third-order valence-electron chi connectivity index (χ3n) is 6.25. The number of rotatable bonds is 9. The third-order valence-corrected chi connectivity index (χ3v) is 6.25. The van der Waals surface area contributed by atoms with Crippen LogP contribution in [-0.2, 0) is 14.3 Å². The zero-order chi connectivity index (χ0) is 25.1. The van der Waals surface area contributed by atoms with Gasteiger partial charge in [0.15, 0.2) is 17.4 Å². The number of nitrogens with zero attached hydrogens (tertiary/aromatic N) is 3. The number of aromatic nitrogens is 2. The summed E-state index contributed by atoms with van der Waals surface area (Å²) in [6.45, 7) is 4.40. The van der Waals surface area contributed by atoms with Crippen molar-refractivity contribution in [3.63, 3.8) is 0 Å². The molecule has 1 amide bonds. The van der Waals surface area contributed by atoms with Gasteiger partial charge in [-0.15, -0.1) is 0 Å². The van der Waals surface area contributed by atoms with Crippen LogP contribution in [0.1, 0.15) is 38.3 Å². The zero-order valence-electron chi connectivity index (χ0n) is 20.7. The number of esters is 1. The monoisotopic (exact) mass is 481 g/mol. The van der Waals surface area contributed by atoms with E-state index in [4.69, 9.17) is 23.9 Å². The van der Waals surface area contributed by atoms with Crippen LogP contribution in [0.15, 0.2) is 36.4 Å². The van der Waals surface area contributed by atoms with Gasteiger partial charge in [0.05, 0.1) is 45.0 Å². The molecule has 0 fully saturated rings. The lowest BCUT2D eigenvalue weighted by atomic mass is 9.89. The first-order chi connectivity index (χ1) is 17.0. The van der Waals surface area contributed by atoms with E-state index in [-0.39, 0.29) is 12.5 Å². The van der Waals surface area contributed by atoms with Gasteiger partial charge in [-0.05, 0) is 43.2 Å². The fraction of sp³-hybridized carbons (Fsp3) is 0.423. The van der Waals surface area contributed by atoms with E-state index in [1.807, 2.05) is 28.8 Å². The Hall–Kier alpha value is -3.75. The quantitative estimate of drug-likeness (QED) is 0.337. The van der Waals surface area contributed by atoms with Gasteiger partial charge in [-0.3, -0.25) is 14.5 Å². The maximum absolute atomic E-state index is 13.9. The lowest BCUT2D eigenvalue weighted by molar-refractivity contribution is -0.153. The Morgan fingerprint density at radius 2 is 1.71 bits per heavy atom. The van der Waals surface area contributed by atoms with Crippen molar-refractivity contribution in [3.05, 3.63) is 42.0 Å². The van der Waals surface area contributed by atoms with Crippen molar-refractivity contribution in [1.29, 1.82) is 0 Å². The molecule has 3 aromatic rings. The molecule has 0 radical (unpaired) electrons. The Morgan fingerprint density at radius 1 is 1.03 bits per heavy atom. The molecule has 1 aromatic heterocycles. The van der Waals surface area contributed by atoms with Gasteiger partial charge < -0.3 is 23.5 Å². The molecular formula is C26H31N3O6. The molecule has 4 rings (SSSR count). The number of ether oxygens (including phenoxy) is 4. The molecule has 1 aliphatic rings. The molecule has 0 saturated heterocycles. The minimum atomic E-state index is -1.11. The summed E-state index contributed by atoms with van der Waals surface area (Å²) in [4.78, 5) is 33.6. The van der Waals surface area contributed by atoms with Crippen molar-refractivity contribution in [2.75, 3.05) is 39.4 Å². The summed E-state index contributed by atoms with van der Waals surface area (Å²) in [5.41, 5.74) is 2.19. The molecule has 35 heavy (non-hydrogen) atoms. The van der Waals surface area contributed by atoms with Crippen LogP contribution in [0, 0.1) is 5.92 Å². The SMILES string of the molecule is CCCCN1C(=O)C(C(=O)OCC)C(c2cc(OC)c(OC)c(OC)c2)n2c1nc1ccccc12. The van der Waals surface area contributed by atoms with Gasteiger partial charge in [-0.25, -0.2) is 4.98 Å². The summed E-state index contributed by atoms with van der Waals surface area (Å²) in [7, 11) is 4.58. The van der Waals surface area contributed by atoms with Crippen molar-refractivity contribution < 1.29 is 28.5 Å². The smallest absolute Gasteiger partial charge is 0.321 e. The summed E-state index contributed by atoms with van der Waals surface area (Å²) < 4.78 is 24.0. The predicted molar refractivity (Wildman–Crippen MR) is 131 cm³/mol. The fourth-order valence-electron chi connectivity index (χ4n) is 4.65. The predicted octanol–water partition coefficient (Wildman–Crippen LogP) is 3.98. The van der Waals surface area contributed by atoms with Gasteiger partial charge in [0.1, 0.15) is 0 Å². The van der Waals surface area contributed by atoms with Crippen LogP contribution in [0.5, 0.6) is 17.2 Å². The molecule has 2 aromatic carbocycles. The molecule has 186 valence electrons. The number of hydrogen-bond donors (Lipinski definition) is 0. The Labute approximate surface area is 204 Å². The van der Waals surface area contributed by atoms with Gasteiger partial charge >= 0.3 is 5.97 Å². The number of benzene rings is 2. The minimum Gasteiger partial charge on any atom is -0.493 e. The molecule has 0 N–H and O–H groups in total. The van der Waals surface area contributed by atoms with Crippen molar-refractivity contribution in [3.8, 4) is 17.2 Å². The van der Waals surface area contributed by atoms with Crippen LogP contribution in [-0.4, -0.2) is 55.9 Å². The van der Waals surface area contributed by atoms with Gasteiger partial charge in [0.25, 0.3) is 0 Å². The summed E-state index contributed by atoms with van der Waals surface area (Å²) in [5.74, 6) is -0.246. The Kier molecular flexibility index (Phi) is 7.14. The maximum Gasteiger partial charge on any atom is 0.321 e. The number of carbonyl (C=O) groups is 2. The highest BCUT2D eigenvalue weighted by molar-refractivity contribution is 6.08. The largest absolute Gasteiger partial charge is 0.493 e. The standard InChI is InChI=1S/C26H31N3O6/c1-6-8-13-28-24(30)21(25(31)35-7-2)22(29-18-12-10-9-11-17(18)27-26(28)29)16-14-19(32-3)23(34-5)20(15-16)33-4/h9-12,14-15,21-22H,6-8,13H2,1-5H3. The lowest BCUT2D eigenvalue weighted by Crippen LogP contribution is -2.50. The second kappa shape index (κ2) is 10.2. The first-order valence-corrected chi connectivity index (χ1v) is 11.7. The van der Waals surface area contributed by atoms with Crippen LogP contribution >= 0.6 is 0 Å². The number of amides is 1. The first kappa shape index (κ1) is 24.4. The van der Waals surface area contributed by atoms with Gasteiger partial charge in [0.2, 0.25) is 17.6 Å². The number of methoxy groups -OCH3 is 3. The van der Waals surface area contributed by atoms with Crippen molar-refractivity contribution in [1.82, 2.24) is 9.55 Å². The molecule has 1 aliphatic heterocycles. The lowest BCUT2D eigenvalue weighted by Gasteiger charge is -2.38. The Bertz CT molecular complexity index is 1210. The molecular weight excluding hydrogens is 450 g/mol. The second-order valence-corrected chi connectivity index (χ2v) is 8.25. The highest BCUT2D eigenvalue weighted by atomic mass is 16.5. The maximum atomic E-state index is 13.9. The molecule has 2 unspecified atom stereocenters. The van der Waals surface area contributed by atoms with E-state index < -0.39 is 17.9 Å². The second-order valence-electron chi connectivity index (χ2n) is 8.25. The van der Waals surface area contributed by atoms with Gasteiger partial charge in [-0.2, -0.15) is 0 Å². The Morgan fingerprint density at radius 3 is 2.31 bits per heavy atom. The van der Waals surface area contributed by atoms with Crippen LogP contribution < -0.4 is 19.1 Å². The van der Waals surface area contributed by atoms with E-state index in [2.05, 4.69) is 6.92 Å². The van der Waals surface area contributed by atoms with E-state index in [0.717, 1.165) is 23.9 Å². The van der Waals surface area contributed by atoms with Crippen molar-refractivity contribution >= 4 is 28.9 Å². The van der Waals surface area contributed by atoms with Crippen LogP contribution in [0.3, 0.4) is 0 Å². The van der Waals surface area contributed by atoms with Gasteiger partial charge in [0, 0.05) is 6.54 Å². The zero-order valence-corrected chi connectivity index (χ0v) is 20.7. The average molecular weight is 482 g/mol. The van der Waals surface area contributed by atoms with E-state index in [0.29, 0.717) is 35.3 Å². The number of para-hydroxylation sites is 2. The summed E-state index contributed by atoms with van der Waals surface area (Å²) in [6.07, 6.45) is 1.67. The van der Waals surface area contributed by atoms with E-state index >= 15 is 0 Å². The molecule has 9 heteroatoms. The number of hydrogen-bond acceptors (Lipinski definition) is 7. The summed E-state index contributed by atoms with van der Waals surface area (Å²) in [5, 5.41) is 0. The summed E-state index contributed by atoms with van der Waals surface area (Å²) >= 11 is 0. The van der Waals surface area contributed by atoms with Gasteiger partial charge in [-0.1, -0.05) is 25.5 Å². The van der Waals surface area contributed by atoms with Crippen molar-refractivity contribution in [2.45, 2.75) is 32.7 Å². The highest BCUT2D eigenvalue weighted by Gasteiger charge is 2.48. The van der Waals surface area contributed by atoms with E-state index in [1.165, 1.54) is 21.3 Å². The highest BCUT2D eigenvalue weighted by Crippen LogP contribution is 2.46. The van der Waals surface area contributed by atoms with E-state index in [1.54, 1.807) is 24.0 Å². The molecule has 0 aliphatic carbocycles. The molecule has 2 heterocycles. The fourth-order valence-corrected chi connectivity index (χ4v) is 4.65. The van der Waals surface area contributed by atoms with Crippen LogP contribution in [0.2, 0.25) is 0 Å². The number of fused-ring (bicyclic) bond motifs is 3. The first-order valence-electron chi connectivity index (χ1n) is 11.7. The number of unbranched alkanes of at least 4 members (excludes halogenated alkanes) is 1. The molecule has 0 spiro atoms. The number of anilines is 1. The average Bonchev–Trinajstić information content (AvgIpc) is 3.25. The Balaban J connectivity index is 2.03. The van der Waals surface area contributed by atoms with E-state index in [9.17, 15) is 9.59 Å². The topological polar surface area (TPSA) is 92.1 Å². The summed E-state index contributed by atoms with van der Waals surface area (Å²) in [6, 6.07) is 10.5. The van der Waals surface area contributed by atoms with Crippen LogP contribution in [0.25, 0.3) is 11.0 Å². The number of imidazole rings is 1. The molecule has 9 nitrogen and oxygen atoms in total. The number of carbonyl (C=O) groups excluding carboxylic acids is 2. The molecule has 0 bridgehead atoms.